The van der Waals surface area contributed by atoms with Gasteiger partial charge >= 0.3 is 0 Å². The van der Waals surface area contributed by atoms with Gasteiger partial charge in [0.1, 0.15) is 6.33 Å². The molecule has 70 valence electrons. The van der Waals surface area contributed by atoms with E-state index < -0.39 is 5.82 Å². The van der Waals surface area contributed by atoms with Crippen molar-refractivity contribution in [2.24, 2.45) is 0 Å². The van der Waals surface area contributed by atoms with Crippen LogP contribution in [0, 0.1) is 5.82 Å². The van der Waals surface area contributed by atoms with E-state index in [-0.39, 0.29) is 5.82 Å². The maximum absolute atomic E-state index is 12.8. The summed E-state index contributed by atoms with van der Waals surface area (Å²) in [5.74, 6) is 0.362. The number of hydrogen-bond acceptors (Lipinski definition) is 5. The Morgan fingerprint density at radius 3 is 3.23 bits per heavy atom. The first-order valence-electron chi connectivity index (χ1n) is 3.54. The van der Waals surface area contributed by atoms with Crippen molar-refractivity contribution < 1.29 is 4.39 Å². The second-order valence-electron chi connectivity index (χ2n) is 2.05. The second kappa shape index (κ2) is 5.50. The van der Waals surface area contributed by atoms with Crippen LogP contribution in [0.4, 0.5) is 10.2 Å². The molecule has 1 heterocycles. The molecule has 1 rings (SSSR count). The largest absolute Gasteiger partial charge is 0.293 e. The Morgan fingerprint density at radius 1 is 1.69 bits per heavy atom. The highest BCUT2D eigenvalue weighted by Crippen LogP contribution is 2.06. The summed E-state index contributed by atoms with van der Waals surface area (Å²) in [6.07, 6.45) is 4.09. The zero-order valence-electron chi connectivity index (χ0n) is 6.83. The van der Waals surface area contributed by atoms with Gasteiger partial charge in [-0.1, -0.05) is 18.0 Å². The Hall–Kier alpha value is -1.14. The molecule has 4 nitrogen and oxygen atoms in total. The standard InChI is InChI=1S/C7H9FN4S/c1-2-3-13-12-11-7-6(8)4-9-5-10-7/h2,4-5,12H,1,3H2,(H,9,10,11). The number of nitrogens with one attached hydrogen (secondary N) is 2. The summed E-state index contributed by atoms with van der Waals surface area (Å²) < 4.78 is 12.8. The monoisotopic (exact) mass is 200 g/mol. The van der Waals surface area contributed by atoms with Gasteiger partial charge in [-0.3, -0.25) is 5.43 Å². The average Bonchev–Trinajstić information content (AvgIpc) is 2.15. The van der Waals surface area contributed by atoms with Crippen molar-refractivity contribution in [3.05, 3.63) is 31.0 Å². The van der Waals surface area contributed by atoms with Gasteiger partial charge in [0.15, 0.2) is 11.6 Å². The van der Waals surface area contributed by atoms with Gasteiger partial charge in [0.25, 0.3) is 0 Å². The molecule has 0 spiro atoms. The predicted molar refractivity (Wildman–Crippen MR) is 51.4 cm³/mol. The first-order valence-corrected chi connectivity index (χ1v) is 4.52. The van der Waals surface area contributed by atoms with Gasteiger partial charge in [-0.15, -0.1) is 6.58 Å². The van der Waals surface area contributed by atoms with E-state index in [9.17, 15) is 4.39 Å². The highest BCUT2D eigenvalue weighted by atomic mass is 32.2. The van der Waals surface area contributed by atoms with Crippen LogP contribution < -0.4 is 10.3 Å². The Kier molecular flexibility index (Phi) is 4.20. The van der Waals surface area contributed by atoms with E-state index in [4.69, 9.17) is 0 Å². The Bertz CT molecular complexity index is 281. The molecule has 0 bridgehead atoms. The number of hydrogen-bond donors (Lipinski definition) is 2. The lowest BCUT2D eigenvalue weighted by molar-refractivity contribution is 0.616. The van der Waals surface area contributed by atoms with E-state index in [0.717, 1.165) is 11.9 Å². The summed E-state index contributed by atoms with van der Waals surface area (Å²) in [5.41, 5.74) is 2.59. The molecule has 0 aliphatic carbocycles. The van der Waals surface area contributed by atoms with Crippen molar-refractivity contribution in [2.75, 3.05) is 11.2 Å². The molecule has 6 heteroatoms. The number of nitrogens with zero attached hydrogens (tertiary/aromatic N) is 2. The van der Waals surface area contributed by atoms with Crippen molar-refractivity contribution in [1.82, 2.24) is 14.8 Å². The third-order valence-corrected chi connectivity index (χ3v) is 1.76. The number of hydrazine groups is 1. The van der Waals surface area contributed by atoms with E-state index in [2.05, 4.69) is 26.8 Å². The van der Waals surface area contributed by atoms with Gasteiger partial charge in [-0.25, -0.2) is 14.4 Å². The molecule has 0 saturated carbocycles. The van der Waals surface area contributed by atoms with Gasteiger partial charge in [0.2, 0.25) is 0 Å². The van der Waals surface area contributed by atoms with Crippen LogP contribution in [0.2, 0.25) is 0 Å². The Labute approximate surface area is 79.8 Å². The lowest BCUT2D eigenvalue weighted by atomic mass is 10.6. The van der Waals surface area contributed by atoms with Crippen LogP contribution in [-0.2, 0) is 0 Å². The summed E-state index contributed by atoms with van der Waals surface area (Å²) >= 11 is 1.35. The molecule has 0 saturated heterocycles. The minimum atomic E-state index is -0.491. The first-order chi connectivity index (χ1) is 6.34. The van der Waals surface area contributed by atoms with Gasteiger partial charge in [0, 0.05) is 5.75 Å². The fourth-order valence-corrected chi connectivity index (χ4v) is 0.960. The van der Waals surface area contributed by atoms with Crippen molar-refractivity contribution in [2.45, 2.75) is 0 Å². The minimum Gasteiger partial charge on any atom is -0.293 e. The summed E-state index contributed by atoms with van der Waals surface area (Å²) in [6.45, 7) is 3.53. The fraction of sp³-hybridized carbons (Fsp3) is 0.143. The van der Waals surface area contributed by atoms with E-state index in [1.165, 1.54) is 18.3 Å². The van der Waals surface area contributed by atoms with Crippen LogP contribution in [0.15, 0.2) is 25.2 Å². The maximum Gasteiger partial charge on any atom is 0.185 e. The molecule has 0 fully saturated rings. The van der Waals surface area contributed by atoms with E-state index in [1.54, 1.807) is 6.08 Å². The molecule has 0 aliphatic heterocycles. The Balaban J connectivity index is 2.36. The zero-order chi connectivity index (χ0) is 9.52. The normalized spacial score (nSPS) is 9.62. The maximum atomic E-state index is 12.8. The van der Waals surface area contributed by atoms with Crippen molar-refractivity contribution >= 4 is 17.8 Å². The molecule has 0 unspecified atom stereocenters. The molecule has 0 amide bonds. The third kappa shape index (κ3) is 3.39. The fourth-order valence-electron chi connectivity index (χ4n) is 0.590. The molecule has 2 N–H and O–H groups in total. The molecular formula is C7H9FN4S. The number of anilines is 1. The highest BCUT2D eigenvalue weighted by Gasteiger charge is 1.99. The predicted octanol–water partition coefficient (Wildman–Crippen LogP) is 1.37. The summed E-state index contributed by atoms with van der Waals surface area (Å²) in [5, 5.41) is 0. The van der Waals surface area contributed by atoms with Gasteiger partial charge < -0.3 is 0 Å². The zero-order valence-corrected chi connectivity index (χ0v) is 7.64. The second-order valence-corrected chi connectivity index (χ2v) is 2.87. The summed E-state index contributed by atoms with van der Waals surface area (Å²) in [6, 6.07) is 0. The van der Waals surface area contributed by atoms with Gasteiger partial charge in [0.05, 0.1) is 6.20 Å². The lowest BCUT2D eigenvalue weighted by Crippen LogP contribution is -2.15. The van der Waals surface area contributed by atoms with Crippen molar-refractivity contribution in [1.29, 1.82) is 0 Å². The van der Waals surface area contributed by atoms with Crippen LogP contribution in [0.1, 0.15) is 0 Å². The molecule has 1 aromatic heterocycles. The van der Waals surface area contributed by atoms with Crippen molar-refractivity contribution in [3.63, 3.8) is 0 Å². The van der Waals surface area contributed by atoms with E-state index in [1.807, 2.05) is 0 Å². The third-order valence-electron chi connectivity index (χ3n) is 1.11. The average molecular weight is 200 g/mol. The van der Waals surface area contributed by atoms with E-state index in [0.29, 0.717) is 0 Å². The molecule has 13 heavy (non-hydrogen) atoms. The van der Waals surface area contributed by atoms with Gasteiger partial charge in [-0.05, 0) is 0 Å². The summed E-state index contributed by atoms with van der Waals surface area (Å²) in [4.78, 5) is 9.90. The highest BCUT2D eigenvalue weighted by molar-refractivity contribution is 7.97. The molecule has 0 aliphatic rings. The Morgan fingerprint density at radius 2 is 2.54 bits per heavy atom. The van der Waals surface area contributed by atoms with Gasteiger partial charge in [-0.2, -0.15) is 4.83 Å². The quantitative estimate of drug-likeness (QED) is 0.325. The van der Waals surface area contributed by atoms with Crippen LogP contribution in [0.5, 0.6) is 0 Å². The number of aromatic nitrogens is 2. The topological polar surface area (TPSA) is 49.8 Å². The molecular weight excluding hydrogens is 191 g/mol. The molecule has 0 atom stereocenters. The van der Waals surface area contributed by atoms with Crippen molar-refractivity contribution in [3.8, 4) is 0 Å². The van der Waals surface area contributed by atoms with Crippen LogP contribution in [0.25, 0.3) is 0 Å². The smallest absolute Gasteiger partial charge is 0.185 e. The summed E-state index contributed by atoms with van der Waals surface area (Å²) in [7, 11) is 0. The molecule has 1 aromatic rings. The number of halogens is 1. The number of rotatable bonds is 5. The van der Waals surface area contributed by atoms with Crippen LogP contribution in [-0.4, -0.2) is 15.7 Å². The molecule has 0 radical (unpaired) electrons. The van der Waals surface area contributed by atoms with Crippen LogP contribution in [0.3, 0.4) is 0 Å². The first kappa shape index (κ1) is 9.94. The van der Waals surface area contributed by atoms with Crippen LogP contribution >= 0.6 is 11.9 Å². The molecule has 0 aromatic carbocycles. The lowest BCUT2D eigenvalue weighted by Gasteiger charge is -2.04. The van der Waals surface area contributed by atoms with E-state index >= 15 is 0 Å². The minimum absolute atomic E-state index is 0.131. The SMILES string of the molecule is C=CCSNNc1ncncc1F.